The molecule has 1 atom stereocenters. The van der Waals surface area contributed by atoms with Crippen molar-refractivity contribution in [2.45, 2.75) is 31.8 Å². The lowest BCUT2D eigenvalue weighted by atomic mass is 9.93. The second kappa shape index (κ2) is 4.12. The number of nitrogens with zero attached hydrogens (tertiary/aromatic N) is 1. The van der Waals surface area contributed by atoms with Gasteiger partial charge in [-0.05, 0) is 24.0 Å². The molecule has 0 spiro atoms. The van der Waals surface area contributed by atoms with Crippen LogP contribution in [0.4, 0.5) is 0 Å². The summed E-state index contributed by atoms with van der Waals surface area (Å²) < 4.78 is 0. The van der Waals surface area contributed by atoms with Crippen LogP contribution in [0.2, 0.25) is 0 Å². The summed E-state index contributed by atoms with van der Waals surface area (Å²) in [5, 5.41) is 9.29. The summed E-state index contributed by atoms with van der Waals surface area (Å²) in [7, 11) is 0. The topological polar surface area (TPSA) is 57.6 Å². The number of hydrogen-bond donors (Lipinski definition) is 1. The highest BCUT2D eigenvalue weighted by Crippen LogP contribution is 2.34. The zero-order chi connectivity index (χ0) is 12.7. The van der Waals surface area contributed by atoms with Crippen molar-refractivity contribution in [1.82, 2.24) is 4.90 Å². The number of hydrogen-bond acceptors (Lipinski definition) is 2. The van der Waals surface area contributed by atoms with Crippen molar-refractivity contribution in [3.05, 3.63) is 35.4 Å². The molecule has 1 amide bonds. The maximum absolute atomic E-state index is 12.1. The Morgan fingerprint density at radius 1 is 1.17 bits per heavy atom. The molecule has 1 aliphatic carbocycles. The Kier molecular flexibility index (Phi) is 2.58. The highest BCUT2D eigenvalue weighted by atomic mass is 16.4. The average Bonchev–Trinajstić information content (AvgIpc) is 3.20. The summed E-state index contributed by atoms with van der Waals surface area (Å²) in [5.74, 6) is -0.826. The van der Waals surface area contributed by atoms with E-state index in [1.807, 2.05) is 24.3 Å². The smallest absolute Gasteiger partial charge is 0.326 e. The molecular weight excluding hydrogens is 230 g/mol. The van der Waals surface area contributed by atoms with Gasteiger partial charge in [0.25, 0.3) is 0 Å². The third-order valence-electron chi connectivity index (χ3n) is 3.74. The van der Waals surface area contributed by atoms with Crippen molar-refractivity contribution in [3.8, 4) is 0 Å². The van der Waals surface area contributed by atoms with E-state index in [4.69, 9.17) is 0 Å². The van der Waals surface area contributed by atoms with Crippen LogP contribution in [0.1, 0.15) is 24.0 Å². The number of aliphatic carboxylic acids is 1. The van der Waals surface area contributed by atoms with Crippen molar-refractivity contribution in [2.75, 3.05) is 0 Å². The third-order valence-corrected chi connectivity index (χ3v) is 3.74. The standard InChI is InChI=1S/C14H15NO3/c16-13(9-5-6-9)15-8-11-4-2-1-3-10(11)7-12(15)14(17)18/h1-4,9,12H,5-8H2,(H,17,18). The second-order valence-electron chi connectivity index (χ2n) is 5.07. The fraction of sp³-hybridized carbons (Fsp3) is 0.429. The minimum absolute atomic E-state index is 0.0110. The molecule has 4 heteroatoms. The fourth-order valence-corrected chi connectivity index (χ4v) is 2.54. The fourth-order valence-electron chi connectivity index (χ4n) is 2.54. The number of carboxylic acids is 1. The van der Waals surface area contributed by atoms with Gasteiger partial charge in [-0.1, -0.05) is 24.3 Å². The molecule has 1 fully saturated rings. The predicted molar refractivity (Wildman–Crippen MR) is 64.8 cm³/mol. The first kappa shape index (κ1) is 11.3. The number of carboxylic acid groups (broad SMARTS) is 1. The molecule has 0 aromatic heterocycles. The molecule has 1 aliphatic heterocycles. The molecule has 0 radical (unpaired) electrons. The van der Waals surface area contributed by atoms with Gasteiger partial charge in [0.2, 0.25) is 5.91 Å². The predicted octanol–water partition coefficient (Wildman–Crippen LogP) is 1.43. The van der Waals surface area contributed by atoms with E-state index in [9.17, 15) is 14.7 Å². The second-order valence-corrected chi connectivity index (χ2v) is 5.07. The van der Waals surface area contributed by atoms with Crippen molar-refractivity contribution >= 4 is 11.9 Å². The summed E-state index contributed by atoms with van der Waals surface area (Å²) in [5.41, 5.74) is 2.12. The molecule has 1 aromatic rings. The monoisotopic (exact) mass is 245 g/mol. The lowest BCUT2D eigenvalue weighted by molar-refractivity contribution is -0.152. The normalized spacial score (nSPS) is 22.4. The van der Waals surface area contributed by atoms with Crippen molar-refractivity contribution < 1.29 is 14.7 Å². The van der Waals surface area contributed by atoms with Gasteiger partial charge in [0.1, 0.15) is 6.04 Å². The maximum Gasteiger partial charge on any atom is 0.326 e. The minimum atomic E-state index is -0.904. The van der Waals surface area contributed by atoms with Gasteiger partial charge in [-0.2, -0.15) is 0 Å². The lowest BCUT2D eigenvalue weighted by Crippen LogP contribution is -2.49. The molecule has 3 rings (SSSR count). The zero-order valence-electron chi connectivity index (χ0n) is 10.0. The Morgan fingerprint density at radius 3 is 2.44 bits per heavy atom. The Balaban J connectivity index is 1.92. The van der Waals surface area contributed by atoms with E-state index in [1.165, 1.54) is 0 Å². The first-order valence-corrected chi connectivity index (χ1v) is 6.27. The quantitative estimate of drug-likeness (QED) is 0.857. The molecule has 18 heavy (non-hydrogen) atoms. The van der Waals surface area contributed by atoms with E-state index >= 15 is 0 Å². The third kappa shape index (κ3) is 1.88. The van der Waals surface area contributed by atoms with E-state index < -0.39 is 12.0 Å². The highest BCUT2D eigenvalue weighted by molar-refractivity contribution is 5.87. The van der Waals surface area contributed by atoms with Gasteiger partial charge < -0.3 is 10.0 Å². The van der Waals surface area contributed by atoms with Gasteiger partial charge in [0, 0.05) is 18.9 Å². The number of benzene rings is 1. The molecule has 2 aliphatic rings. The molecule has 1 aromatic carbocycles. The Bertz CT molecular complexity index is 508. The maximum atomic E-state index is 12.1. The van der Waals surface area contributed by atoms with Crippen molar-refractivity contribution in [1.29, 1.82) is 0 Å². The van der Waals surface area contributed by atoms with Gasteiger partial charge in [-0.15, -0.1) is 0 Å². The van der Waals surface area contributed by atoms with E-state index in [0.29, 0.717) is 13.0 Å². The first-order chi connectivity index (χ1) is 8.66. The van der Waals surface area contributed by atoms with Crippen LogP contribution in [-0.4, -0.2) is 27.9 Å². The Morgan fingerprint density at radius 2 is 1.83 bits per heavy atom. The molecule has 1 saturated carbocycles. The van der Waals surface area contributed by atoms with E-state index in [-0.39, 0.29) is 11.8 Å². The number of amides is 1. The van der Waals surface area contributed by atoms with Crippen LogP contribution in [0, 0.1) is 5.92 Å². The molecule has 4 nitrogen and oxygen atoms in total. The van der Waals surface area contributed by atoms with Gasteiger partial charge in [0.15, 0.2) is 0 Å². The summed E-state index contributed by atoms with van der Waals surface area (Å²) in [4.78, 5) is 25.0. The van der Waals surface area contributed by atoms with Gasteiger partial charge in [-0.25, -0.2) is 4.79 Å². The van der Waals surface area contributed by atoms with Gasteiger partial charge >= 0.3 is 5.97 Å². The van der Waals surface area contributed by atoms with Crippen LogP contribution in [0.3, 0.4) is 0 Å². The summed E-state index contributed by atoms with van der Waals surface area (Å²) in [6, 6.07) is 7.06. The van der Waals surface area contributed by atoms with Crippen LogP contribution in [-0.2, 0) is 22.6 Å². The number of rotatable bonds is 2. The molecule has 0 saturated heterocycles. The average molecular weight is 245 g/mol. The molecule has 0 bridgehead atoms. The van der Waals surface area contributed by atoms with Crippen molar-refractivity contribution in [2.24, 2.45) is 5.92 Å². The van der Waals surface area contributed by atoms with E-state index in [1.54, 1.807) is 4.90 Å². The number of fused-ring (bicyclic) bond motifs is 1. The summed E-state index contributed by atoms with van der Waals surface area (Å²) in [6.45, 7) is 0.433. The summed E-state index contributed by atoms with van der Waals surface area (Å²) in [6.07, 6.45) is 2.23. The molecule has 94 valence electrons. The van der Waals surface area contributed by atoms with Crippen LogP contribution in [0.25, 0.3) is 0 Å². The minimum Gasteiger partial charge on any atom is -0.480 e. The Labute approximate surface area is 105 Å². The van der Waals surface area contributed by atoms with Gasteiger partial charge in [-0.3, -0.25) is 4.79 Å². The largest absolute Gasteiger partial charge is 0.480 e. The van der Waals surface area contributed by atoms with Crippen LogP contribution in [0.15, 0.2) is 24.3 Å². The molecule has 1 N–H and O–H groups in total. The SMILES string of the molecule is O=C(O)C1Cc2ccccc2CN1C(=O)C1CC1. The van der Waals surface area contributed by atoms with Crippen LogP contribution < -0.4 is 0 Å². The highest BCUT2D eigenvalue weighted by Gasteiger charge is 2.40. The van der Waals surface area contributed by atoms with E-state index in [0.717, 1.165) is 24.0 Å². The molecule has 1 heterocycles. The molecule has 1 unspecified atom stereocenters. The van der Waals surface area contributed by atoms with Gasteiger partial charge in [0.05, 0.1) is 0 Å². The summed E-state index contributed by atoms with van der Waals surface area (Å²) >= 11 is 0. The Hall–Kier alpha value is -1.84. The van der Waals surface area contributed by atoms with Crippen LogP contribution in [0.5, 0.6) is 0 Å². The first-order valence-electron chi connectivity index (χ1n) is 6.27. The molecular formula is C14H15NO3. The lowest BCUT2D eigenvalue weighted by Gasteiger charge is -2.34. The number of carbonyl (C=O) groups excluding carboxylic acids is 1. The van der Waals surface area contributed by atoms with E-state index in [2.05, 4.69) is 0 Å². The van der Waals surface area contributed by atoms with Crippen molar-refractivity contribution in [3.63, 3.8) is 0 Å². The zero-order valence-corrected chi connectivity index (χ0v) is 10.0. The van der Waals surface area contributed by atoms with Crippen LogP contribution >= 0.6 is 0 Å². The number of carbonyl (C=O) groups is 2.